The molecule has 90 valence electrons. The molecule has 0 amide bonds. The summed E-state index contributed by atoms with van der Waals surface area (Å²) in [5.41, 5.74) is 0.792. The molecule has 0 radical (unpaired) electrons. The van der Waals surface area contributed by atoms with Crippen LogP contribution >= 0.6 is 27.5 Å². The predicted molar refractivity (Wildman–Crippen MR) is 67.3 cm³/mol. The van der Waals surface area contributed by atoms with Crippen LogP contribution in [-0.2, 0) is 0 Å². The molecule has 0 aliphatic heterocycles. The van der Waals surface area contributed by atoms with Crippen LogP contribution in [0.2, 0.25) is 5.15 Å². The fraction of sp³-hybridized carbons (Fsp3) is 0.333. The highest BCUT2D eigenvalue weighted by molar-refractivity contribution is 9.10. The van der Waals surface area contributed by atoms with Gasteiger partial charge in [-0.3, -0.25) is 0 Å². The fourth-order valence-electron chi connectivity index (χ4n) is 1.52. The lowest BCUT2D eigenvalue weighted by molar-refractivity contribution is -0.388. The largest absolute Gasteiger partial charge is 0.416 e. The Labute approximate surface area is 110 Å². The van der Waals surface area contributed by atoms with Crippen molar-refractivity contribution in [2.24, 2.45) is 0 Å². The fourth-order valence-corrected chi connectivity index (χ4v) is 1.96. The van der Waals surface area contributed by atoms with E-state index in [2.05, 4.69) is 26.0 Å². The van der Waals surface area contributed by atoms with Gasteiger partial charge in [0.2, 0.25) is 0 Å². The van der Waals surface area contributed by atoms with Gasteiger partial charge < -0.3 is 10.1 Å². The zero-order valence-electron chi connectivity index (χ0n) is 9.02. The van der Waals surface area contributed by atoms with E-state index in [9.17, 15) is 10.1 Å². The summed E-state index contributed by atoms with van der Waals surface area (Å²) in [6.45, 7) is 3.78. The van der Waals surface area contributed by atoms with Crippen molar-refractivity contribution in [2.75, 3.05) is 0 Å². The molecule has 2 heterocycles. The van der Waals surface area contributed by atoms with E-state index in [-0.39, 0.29) is 22.5 Å². The maximum atomic E-state index is 10.9. The minimum absolute atomic E-state index is 0.000996. The Morgan fingerprint density at radius 2 is 2.24 bits per heavy atom. The Balaban J connectivity index is 2.86. The molecule has 17 heavy (non-hydrogen) atoms. The highest BCUT2D eigenvalue weighted by Gasteiger charge is 2.25. The van der Waals surface area contributed by atoms with Crippen molar-refractivity contribution in [2.45, 2.75) is 19.9 Å². The van der Waals surface area contributed by atoms with Gasteiger partial charge in [-0.2, -0.15) is 4.68 Å². The minimum atomic E-state index is -0.557. The van der Waals surface area contributed by atoms with Crippen molar-refractivity contribution < 1.29 is 4.92 Å². The monoisotopic (exact) mass is 318 g/mol. The van der Waals surface area contributed by atoms with E-state index < -0.39 is 4.92 Å². The van der Waals surface area contributed by atoms with E-state index in [0.717, 1.165) is 0 Å². The van der Waals surface area contributed by atoms with Crippen LogP contribution in [-0.4, -0.2) is 19.7 Å². The van der Waals surface area contributed by atoms with Crippen molar-refractivity contribution in [1.29, 1.82) is 0 Å². The average Bonchev–Trinajstić information content (AvgIpc) is 2.57. The molecule has 0 fully saturated rings. The van der Waals surface area contributed by atoms with E-state index in [1.165, 1.54) is 0 Å². The van der Waals surface area contributed by atoms with Crippen LogP contribution in [0.25, 0.3) is 11.0 Å². The lowest BCUT2D eigenvalue weighted by atomic mass is 10.3. The first-order valence-corrected chi connectivity index (χ1v) is 5.97. The van der Waals surface area contributed by atoms with Gasteiger partial charge in [-0.15, -0.1) is 0 Å². The lowest BCUT2D eigenvalue weighted by Gasteiger charge is -2.01. The summed E-state index contributed by atoms with van der Waals surface area (Å²) in [5.74, 6) is -0.275. The first kappa shape index (κ1) is 12.3. The molecular weight excluding hydrogens is 311 g/mol. The molecule has 0 bridgehead atoms. The number of hydrogen-bond donors (Lipinski definition) is 0. The topological polar surface area (TPSA) is 73.8 Å². The first-order chi connectivity index (χ1) is 7.91. The van der Waals surface area contributed by atoms with Crippen LogP contribution in [0.15, 0.2) is 10.5 Å². The molecule has 0 aliphatic carbocycles. The number of fused-ring (bicyclic) bond motifs is 1. The molecule has 0 saturated heterocycles. The van der Waals surface area contributed by atoms with Crippen LogP contribution in [0.5, 0.6) is 0 Å². The normalized spacial score (nSPS) is 11.4. The van der Waals surface area contributed by atoms with E-state index in [0.29, 0.717) is 9.99 Å². The molecule has 2 rings (SSSR count). The van der Waals surface area contributed by atoms with Gasteiger partial charge in [0.1, 0.15) is 10.7 Å². The zero-order valence-corrected chi connectivity index (χ0v) is 11.4. The van der Waals surface area contributed by atoms with Crippen LogP contribution in [0.3, 0.4) is 0 Å². The summed E-state index contributed by atoms with van der Waals surface area (Å²) in [6.07, 6.45) is 0. The van der Waals surface area contributed by atoms with Crippen molar-refractivity contribution >= 4 is 44.4 Å². The summed E-state index contributed by atoms with van der Waals surface area (Å²) < 4.78 is 2.14. The second-order valence-electron chi connectivity index (χ2n) is 3.75. The molecule has 0 saturated carbocycles. The third-order valence-corrected chi connectivity index (χ3v) is 3.36. The van der Waals surface area contributed by atoms with Crippen molar-refractivity contribution in [3.63, 3.8) is 0 Å². The van der Waals surface area contributed by atoms with E-state index in [1.54, 1.807) is 10.7 Å². The Kier molecular flexibility index (Phi) is 3.05. The van der Waals surface area contributed by atoms with Gasteiger partial charge in [0.25, 0.3) is 0 Å². The quantitative estimate of drug-likeness (QED) is 0.483. The summed E-state index contributed by atoms with van der Waals surface area (Å²) in [7, 11) is 0. The standard InChI is InChI=1S/C9H8BrClN4O2/c1-4(2)14-6-3-5(10)8(11)12-7(6)9(13-14)15(16)17/h3-4H,1-2H3. The summed E-state index contributed by atoms with van der Waals surface area (Å²) in [4.78, 5) is 14.3. The first-order valence-electron chi connectivity index (χ1n) is 4.80. The van der Waals surface area contributed by atoms with Gasteiger partial charge in [0.15, 0.2) is 5.52 Å². The van der Waals surface area contributed by atoms with Crippen molar-refractivity contribution in [3.05, 3.63) is 25.8 Å². The van der Waals surface area contributed by atoms with Gasteiger partial charge in [-0.1, -0.05) is 11.6 Å². The molecule has 6 nitrogen and oxygen atoms in total. The lowest BCUT2D eigenvalue weighted by Crippen LogP contribution is -2.03. The number of hydrogen-bond acceptors (Lipinski definition) is 4. The molecule has 0 aliphatic rings. The zero-order chi connectivity index (χ0) is 12.7. The van der Waals surface area contributed by atoms with Gasteiger partial charge in [0, 0.05) is 0 Å². The number of pyridine rings is 1. The highest BCUT2D eigenvalue weighted by atomic mass is 79.9. The summed E-state index contributed by atoms with van der Waals surface area (Å²) >= 11 is 9.08. The average molecular weight is 320 g/mol. The minimum Gasteiger partial charge on any atom is -0.358 e. The molecule has 2 aromatic heterocycles. The number of nitro groups is 1. The molecular formula is C9H8BrClN4O2. The SMILES string of the molecule is CC(C)n1nc([N+](=O)[O-])c2nc(Cl)c(Br)cc21. The molecule has 2 aromatic rings. The van der Waals surface area contributed by atoms with Crippen LogP contribution in [0, 0.1) is 10.1 Å². The van der Waals surface area contributed by atoms with E-state index >= 15 is 0 Å². The van der Waals surface area contributed by atoms with Crippen LogP contribution in [0.1, 0.15) is 19.9 Å². The molecule has 0 unspecified atom stereocenters. The van der Waals surface area contributed by atoms with Gasteiger partial charge >= 0.3 is 5.82 Å². The van der Waals surface area contributed by atoms with E-state index in [4.69, 9.17) is 11.6 Å². The molecule has 0 atom stereocenters. The van der Waals surface area contributed by atoms with Gasteiger partial charge in [-0.05, 0) is 40.8 Å². The Hall–Kier alpha value is -1.21. The van der Waals surface area contributed by atoms with Crippen LogP contribution < -0.4 is 0 Å². The van der Waals surface area contributed by atoms with Crippen molar-refractivity contribution in [1.82, 2.24) is 14.8 Å². The third kappa shape index (κ3) is 2.00. The number of aromatic nitrogens is 3. The smallest absolute Gasteiger partial charge is 0.358 e. The maximum absolute atomic E-state index is 10.9. The molecule has 0 N–H and O–H groups in total. The van der Waals surface area contributed by atoms with E-state index in [1.807, 2.05) is 13.8 Å². The van der Waals surface area contributed by atoms with Crippen molar-refractivity contribution in [3.8, 4) is 0 Å². The Morgan fingerprint density at radius 1 is 1.59 bits per heavy atom. The highest BCUT2D eigenvalue weighted by Crippen LogP contribution is 2.31. The maximum Gasteiger partial charge on any atom is 0.416 e. The molecule has 0 aromatic carbocycles. The Bertz CT molecular complexity index is 611. The molecule has 0 spiro atoms. The van der Waals surface area contributed by atoms with Gasteiger partial charge in [-0.25, -0.2) is 4.98 Å². The van der Waals surface area contributed by atoms with Crippen LogP contribution in [0.4, 0.5) is 5.82 Å². The summed E-state index contributed by atoms with van der Waals surface area (Å²) in [6, 6.07) is 1.69. The Morgan fingerprint density at radius 3 is 2.76 bits per heavy atom. The second kappa shape index (κ2) is 4.23. The summed E-state index contributed by atoms with van der Waals surface area (Å²) in [5, 5.41) is 15.0. The number of rotatable bonds is 2. The predicted octanol–water partition coefficient (Wildman–Crippen LogP) is 3.34. The third-order valence-electron chi connectivity index (χ3n) is 2.24. The number of halogens is 2. The molecule has 8 heteroatoms. The second-order valence-corrected chi connectivity index (χ2v) is 4.96. The van der Waals surface area contributed by atoms with Gasteiger partial charge in [0.05, 0.1) is 15.6 Å². The number of nitrogens with zero attached hydrogens (tertiary/aromatic N) is 4.